The molecule has 1 amide bonds. The number of nitrogens with zero attached hydrogens (tertiary/aromatic N) is 2. The lowest BCUT2D eigenvalue weighted by atomic mass is 10.0. The number of ether oxygens (including phenoxy) is 1. The quantitative estimate of drug-likeness (QED) is 0.713. The average Bonchev–Trinajstić information content (AvgIpc) is 2.68. The summed E-state index contributed by atoms with van der Waals surface area (Å²) < 4.78 is 18.7. The molecule has 0 saturated carbocycles. The fourth-order valence-electron chi connectivity index (χ4n) is 3.21. The lowest BCUT2D eigenvalue weighted by Crippen LogP contribution is -2.54. The predicted octanol–water partition coefficient (Wildman–Crippen LogP) is 4.82. The van der Waals surface area contributed by atoms with E-state index in [-0.39, 0.29) is 18.0 Å². The number of hydrogen-bond acceptors (Lipinski definition) is 3. The number of benzene rings is 2. The highest BCUT2D eigenvalue weighted by Crippen LogP contribution is 2.27. The maximum atomic E-state index is 13.2. The van der Waals surface area contributed by atoms with Crippen molar-refractivity contribution in [3.8, 4) is 0 Å². The van der Waals surface area contributed by atoms with Crippen LogP contribution in [0.2, 0.25) is 0 Å². The van der Waals surface area contributed by atoms with Crippen LogP contribution in [0.4, 0.5) is 14.9 Å². The minimum atomic E-state index is -0.546. The summed E-state index contributed by atoms with van der Waals surface area (Å²) >= 11 is 5.64. The summed E-state index contributed by atoms with van der Waals surface area (Å²) in [7, 11) is 0. The molecule has 29 heavy (non-hydrogen) atoms. The molecule has 1 aliphatic rings. The standard InChI is InChI=1S/C22H26FN3O2S/c1-22(2,3)28-21(27)25-13-14-26(19(15-25)16-7-5-4-6-8-16)20(29)24-18-11-9-17(23)10-12-18/h4-12,19H,13-15H2,1-3H3,(H,24,29). The molecule has 0 bridgehead atoms. The summed E-state index contributed by atoms with van der Waals surface area (Å²) in [6.45, 7) is 7.10. The van der Waals surface area contributed by atoms with Gasteiger partial charge < -0.3 is 19.9 Å². The molecule has 1 unspecified atom stereocenters. The molecule has 154 valence electrons. The third-order valence-electron chi connectivity index (χ3n) is 4.57. The number of anilines is 1. The molecule has 0 aliphatic carbocycles. The van der Waals surface area contributed by atoms with Gasteiger partial charge in [0, 0.05) is 25.3 Å². The van der Waals surface area contributed by atoms with Gasteiger partial charge in [-0.3, -0.25) is 0 Å². The van der Waals surface area contributed by atoms with E-state index in [0.29, 0.717) is 24.7 Å². The molecule has 1 saturated heterocycles. The number of rotatable bonds is 2. The molecule has 1 atom stereocenters. The molecule has 2 aromatic carbocycles. The van der Waals surface area contributed by atoms with Crippen molar-refractivity contribution in [3.05, 3.63) is 66.0 Å². The van der Waals surface area contributed by atoms with Crippen molar-refractivity contribution in [2.24, 2.45) is 0 Å². The Morgan fingerprint density at radius 3 is 2.38 bits per heavy atom. The minimum absolute atomic E-state index is 0.113. The molecule has 0 aromatic heterocycles. The Hall–Kier alpha value is -2.67. The van der Waals surface area contributed by atoms with Gasteiger partial charge >= 0.3 is 6.09 Å². The summed E-state index contributed by atoms with van der Waals surface area (Å²) in [6, 6.07) is 15.9. The highest BCUT2D eigenvalue weighted by molar-refractivity contribution is 7.80. The van der Waals surface area contributed by atoms with Crippen molar-refractivity contribution in [2.45, 2.75) is 32.4 Å². The Labute approximate surface area is 176 Å². The van der Waals surface area contributed by atoms with Crippen LogP contribution in [0.25, 0.3) is 0 Å². The predicted molar refractivity (Wildman–Crippen MR) is 116 cm³/mol. The van der Waals surface area contributed by atoms with E-state index in [1.54, 1.807) is 17.0 Å². The number of piperazine rings is 1. The van der Waals surface area contributed by atoms with E-state index in [1.165, 1.54) is 12.1 Å². The molecule has 1 aliphatic heterocycles. The van der Waals surface area contributed by atoms with E-state index < -0.39 is 5.60 Å². The maximum Gasteiger partial charge on any atom is 0.410 e. The fourth-order valence-corrected chi connectivity index (χ4v) is 3.54. The summed E-state index contributed by atoms with van der Waals surface area (Å²) in [5.74, 6) is -0.297. The zero-order chi connectivity index (χ0) is 21.0. The number of thiocarbonyl (C=S) groups is 1. The lowest BCUT2D eigenvalue weighted by molar-refractivity contribution is 0.0122. The molecular weight excluding hydrogens is 389 g/mol. The molecule has 1 heterocycles. The van der Waals surface area contributed by atoms with Gasteiger partial charge in [-0.25, -0.2) is 9.18 Å². The van der Waals surface area contributed by atoms with Crippen molar-refractivity contribution >= 4 is 29.1 Å². The largest absolute Gasteiger partial charge is 0.444 e. The van der Waals surface area contributed by atoms with E-state index in [1.807, 2.05) is 51.1 Å². The number of nitrogens with one attached hydrogen (secondary N) is 1. The van der Waals surface area contributed by atoms with E-state index in [0.717, 1.165) is 11.3 Å². The van der Waals surface area contributed by atoms with Gasteiger partial charge in [0.15, 0.2) is 5.11 Å². The average molecular weight is 416 g/mol. The third kappa shape index (κ3) is 5.67. The zero-order valence-electron chi connectivity index (χ0n) is 16.9. The Balaban J connectivity index is 1.78. The second kappa shape index (κ2) is 8.78. The van der Waals surface area contributed by atoms with Crippen LogP contribution >= 0.6 is 12.2 Å². The van der Waals surface area contributed by atoms with Gasteiger partial charge in [-0.15, -0.1) is 0 Å². The fraction of sp³-hybridized carbons (Fsp3) is 0.364. The Kier molecular flexibility index (Phi) is 6.37. The van der Waals surface area contributed by atoms with Crippen LogP contribution in [0.5, 0.6) is 0 Å². The SMILES string of the molecule is CC(C)(C)OC(=O)N1CCN(C(=S)Nc2ccc(F)cc2)C(c2ccccc2)C1. The van der Waals surface area contributed by atoms with Gasteiger partial charge in [0.2, 0.25) is 0 Å². The maximum absolute atomic E-state index is 13.2. The van der Waals surface area contributed by atoms with Crippen LogP contribution in [0, 0.1) is 5.82 Å². The smallest absolute Gasteiger partial charge is 0.410 e. The minimum Gasteiger partial charge on any atom is -0.444 e. The van der Waals surface area contributed by atoms with Crippen molar-refractivity contribution in [1.29, 1.82) is 0 Å². The molecule has 2 aromatic rings. The molecule has 1 N–H and O–H groups in total. The molecule has 0 radical (unpaired) electrons. The van der Waals surface area contributed by atoms with E-state index in [9.17, 15) is 9.18 Å². The highest BCUT2D eigenvalue weighted by Gasteiger charge is 2.34. The van der Waals surface area contributed by atoms with Crippen molar-refractivity contribution in [2.75, 3.05) is 25.0 Å². The normalized spacial score (nSPS) is 17.0. The first-order valence-corrected chi connectivity index (χ1v) is 10.00. The van der Waals surface area contributed by atoms with Crippen LogP contribution in [0.1, 0.15) is 32.4 Å². The van der Waals surface area contributed by atoms with Gasteiger partial charge in [-0.1, -0.05) is 30.3 Å². The first kappa shape index (κ1) is 21.0. The topological polar surface area (TPSA) is 44.8 Å². The molecule has 3 rings (SSSR count). The number of halogens is 1. The Morgan fingerprint density at radius 2 is 1.76 bits per heavy atom. The Bertz CT molecular complexity index is 853. The first-order valence-electron chi connectivity index (χ1n) is 9.59. The lowest BCUT2D eigenvalue weighted by Gasteiger charge is -2.43. The van der Waals surface area contributed by atoms with Gasteiger partial charge in [-0.05, 0) is 62.8 Å². The van der Waals surface area contributed by atoms with Crippen LogP contribution in [-0.2, 0) is 4.74 Å². The molecule has 7 heteroatoms. The van der Waals surface area contributed by atoms with Crippen LogP contribution in [0.15, 0.2) is 54.6 Å². The van der Waals surface area contributed by atoms with Crippen LogP contribution < -0.4 is 5.32 Å². The van der Waals surface area contributed by atoms with Crippen LogP contribution in [0.3, 0.4) is 0 Å². The van der Waals surface area contributed by atoms with Crippen molar-refractivity contribution < 1.29 is 13.9 Å². The Morgan fingerprint density at radius 1 is 1.10 bits per heavy atom. The first-order chi connectivity index (χ1) is 13.7. The highest BCUT2D eigenvalue weighted by atomic mass is 32.1. The van der Waals surface area contributed by atoms with E-state index in [2.05, 4.69) is 10.2 Å². The van der Waals surface area contributed by atoms with Gasteiger partial charge in [0.1, 0.15) is 11.4 Å². The number of hydrogen-bond donors (Lipinski definition) is 1. The number of carbonyl (C=O) groups is 1. The number of carbonyl (C=O) groups excluding carboxylic acids is 1. The summed E-state index contributed by atoms with van der Waals surface area (Å²) in [5, 5.41) is 3.71. The zero-order valence-corrected chi connectivity index (χ0v) is 17.7. The third-order valence-corrected chi connectivity index (χ3v) is 4.91. The monoisotopic (exact) mass is 415 g/mol. The van der Waals surface area contributed by atoms with Gasteiger partial charge in [-0.2, -0.15) is 0 Å². The molecular formula is C22H26FN3O2S. The summed E-state index contributed by atoms with van der Waals surface area (Å²) in [5.41, 5.74) is 1.23. The van der Waals surface area contributed by atoms with Crippen LogP contribution in [-0.4, -0.2) is 46.2 Å². The van der Waals surface area contributed by atoms with Crippen molar-refractivity contribution in [3.63, 3.8) is 0 Å². The summed E-state index contributed by atoms with van der Waals surface area (Å²) in [6.07, 6.45) is -0.324. The summed E-state index contributed by atoms with van der Waals surface area (Å²) in [4.78, 5) is 16.4. The number of amides is 1. The second-order valence-corrected chi connectivity index (χ2v) is 8.37. The van der Waals surface area contributed by atoms with E-state index in [4.69, 9.17) is 17.0 Å². The van der Waals surface area contributed by atoms with Gasteiger partial charge in [0.05, 0.1) is 6.04 Å². The van der Waals surface area contributed by atoms with Crippen molar-refractivity contribution in [1.82, 2.24) is 9.80 Å². The molecule has 5 nitrogen and oxygen atoms in total. The second-order valence-electron chi connectivity index (χ2n) is 7.98. The molecule has 0 spiro atoms. The van der Waals surface area contributed by atoms with E-state index >= 15 is 0 Å². The molecule has 1 fully saturated rings. The van der Waals surface area contributed by atoms with Gasteiger partial charge in [0.25, 0.3) is 0 Å².